The molecular formula is C25H36O. The van der Waals surface area contributed by atoms with Gasteiger partial charge in [-0.05, 0) is 62.0 Å². The molecule has 1 heteroatoms. The summed E-state index contributed by atoms with van der Waals surface area (Å²) >= 11 is 0. The van der Waals surface area contributed by atoms with E-state index in [4.69, 9.17) is 0 Å². The average Bonchev–Trinajstić information content (AvgIpc) is 3.21. The number of allylic oxidation sites excluding steroid dienone is 3. The SMILES string of the molecule is C=C(c1ccccc1)[C@@]12CCC[C@@H]1CC(CCCCCC)=C2CCCO. The average molecular weight is 353 g/mol. The van der Waals surface area contributed by atoms with Gasteiger partial charge >= 0.3 is 0 Å². The summed E-state index contributed by atoms with van der Waals surface area (Å²) in [5.41, 5.74) is 6.22. The van der Waals surface area contributed by atoms with Gasteiger partial charge in [0, 0.05) is 12.0 Å². The molecular weight excluding hydrogens is 316 g/mol. The van der Waals surface area contributed by atoms with Crippen LogP contribution in [0.5, 0.6) is 0 Å². The van der Waals surface area contributed by atoms with Gasteiger partial charge in [0.25, 0.3) is 0 Å². The second-order valence-corrected chi connectivity index (χ2v) is 8.33. The number of hydrogen-bond donors (Lipinski definition) is 1. The van der Waals surface area contributed by atoms with Gasteiger partial charge in [-0.1, -0.05) is 80.7 Å². The van der Waals surface area contributed by atoms with E-state index >= 15 is 0 Å². The van der Waals surface area contributed by atoms with Crippen molar-refractivity contribution in [2.75, 3.05) is 6.61 Å². The third-order valence-electron chi connectivity index (χ3n) is 6.86. The molecule has 0 spiro atoms. The van der Waals surface area contributed by atoms with Crippen molar-refractivity contribution >= 4 is 5.57 Å². The Kier molecular flexibility index (Phi) is 6.75. The van der Waals surface area contributed by atoms with Gasteiger partial charge in [0.2, 0.25) is 0 Å². The Hall–Kier alpha value is -1.34. The molecule has 1 nitrogen and oxygen atoms in total. The van der Waals surface area contributed by atoms with Crippen LogP contribution in [0.1, 0.15) is 83.1 Å². The number of aliphatic hydroxyl groups is 1. The summed E-state index contributed by atoms with van der Waals surface area (Å²) in [4.78, 5) is 0. The van der Waals surface area contributed by atoms with E-state index in [0.717, 1.165) is 18.8 Å². The minimum absolute atomic E-state index is 0.177. The van der Waals surface area contributed by atoms with E-state index in [0.29, 0.717) is 6.61 Å². The van der Waals surface area contributed by atoms with Crippen molar-refractivity contribution in [2.24, 2.45) is 11.3 Å². The van der Waals surface area contributed by atoms with Crippen molar-refractivity contribution in [2.45, 2.75) is 77.6 Å². The van der Waals surface area contributed by atoms with E-state index in [9.17, 15) is 5.11 Å². The minimum atomic E-state index is 0.177. The first-order valence-electron chi connectivity index (χ1n) is 10.8. The van der Waals surface area contributed by atoms with Crippen molar-refractivity contribution in [1.82, 2.24) is 0 Å². The van der Waals surface area contributed by atoms with Crippen molar-refractivity contribution in [3.05, 3.63) is 53.6 Å². The summed E-state index contributed by atoms with van der Waals surface area (Å²) in [6.07, 6.45) is 13.7. The molecule has 0 heterocycles. The highest BCUT2D eigenvalue weighted by Gasteiger charge is 2.51. The first-order chi connectivity index (χ1) is 12.7. The zero-order chi connectivity index (χ0) is 18.4. The Morgan fingerprint density at radius 3 is 2.65 bits per heavy atom. The molecule has 0 unspecified atom stereocenters. The van der Waals surface area contributed by atoms with E-state index in [-0.39, 0.29) is 5.41 Å². The predicted molar refractivity (Wildman–Crippen MR) is 112 cm³/mol. The Labute approximate surface area is 160 Å². The third-order valence-corrected chi connectivity index (χ3v) is 6.86. The van der Waals surface area contributed by atoms with Gasteiger partial charge in [0.05, 0.1) is 0 Å². The quantitative estimate of drug-likeness (QED) is 0.357. The first-order valence-corrected chi connectivity index (χ1v) is 10.8. The number of hydrogen-bond acceptors (Lipinski definition) is 1. The summed E-state index contributed by atoms with van der Waals surface area (Å²) < 4.78 is 0. The molecule has 0 bridgehead atoms. The van der Waals surface area contributed by atoms with Crippen LogP contribution in [0.15, 0.2) is 48.1 Å². The lowest BCUT2D eigenvalue weighted by Gasteiger charge is -2.36. The van der Waals surface area contributed by atoms with Crippen molar-refractivity contribution < 1.29 is 5.11 Å². The van der Waals surface area contributed by atoms with E-state index in [1.165, 1.54) is 68.9 Å². The topological polar surface area (TPSA) is 20.2 Å². The second-order valence-electron chi connectivity index (χ2n) is 8.33. The van der Waals surface area contributed by atoms with Crippen LogP contribution in [0.2, 0.25) is 0 Å². The highest BCUT2D eigenvalue weighted by Crippen LogP contribution is 2.64. The Morgan fingerprint density at radius 2 is 1.92 bits per heavy atom. The Morgan fingerprint density at radius 1 is 1.12 bits per heavy atom. The van der Waals surface area contributed by atoms with Gasteiger partial charge in [-0.3, -0.25) is 0 Å². The highest BCUT2D eigenvalue weighted by atomic mass is 16.2. The van der Waals surface area contributed by atoms with Crippen LogP contribution in [-0.2, 0) is 0 Å². The molecule has 142 valence electrons. The molecule has 1 saturated carbocycles. The fourth-order valence-corrected chi connectivity index (χ4v) is 5.64. The maximum atomic E-state index is 9.49. The summed E-state index contributed by atoms with van der Waals surface area (Å²) in [5, 5.41) is 9.49. The van der Waals surface area contributed by atoms with Gasteiger partial charge in [-0.2, -0.15) is 0 Å². The van der Waals surface area contributed by atoms with Crippen LogP contribution in [0.4, 0.5) is 0 Å². The summed E-state index contributed by atoms with van der Waals surface area (Å²) in [6.45, 7) is 7.23. The van der Waals surface area contributed by atoms with E-state index in [1.54, 1.807) is 11.1 Å². The van der Waals surface area contributed by atoms with Gasteiger partial charge in [0.1, 0.15) is 0 Å². The fraction of sp³-hybridized carbons (Fsp3) is 0.600. The van der Waals surface area contributed by atoms with E-state index in [2.05, 4.69) is 43.8 Å². The standard InChI is InChI=1S/C25H36O/c1-3-4-5-7-14-22-19-23-15-10-17-25(23,24(22)16-11-18-26)20(2)21-12-8-6-9-13-21/h6,8-9,12-13,23,26H,2-5,7,10-11,14-19H2,1H3/t23-,25+/m1/s1. The van der Waals surface area contributed by atoms with E-state index in [1.807, 2.05) is 0 Å². The van der Waals surface area contributed by atoms with Crippen molar-refractivity contribution in [3.63, 3.8) is 0 Å². The van der Waals surface area contributed by atoms with Gasteiger partial charge < -0.3 is 5.11 Å². The van der Waals surface area contributed by atoms with Crippen LogP contribution >= 0.6 is 0 Å². The lowest BCUT2D eigenvalue weighted by Crippen LogP contribution is -2.25. The Balaban J connectivity index is 1.90. The fourth-order valence-electron chi connectivity index (χ4n) is 5.64. The normalized spacial score (nSPS) is 24.9. The smallest absolute Gasteiger partial charge is 0.0434 e. The molecule has 1 aromatic rings. The van der Waals surface area contributed by atoms with Gasteiger partial charge in [0.15, 0.2) is 0 Å². The zero-order valence-electron chi connectivity index (χ0n) is 16.6. The lowest BCUT2D eigenvalue weighted by atomic mass is 9.67. The number of fused-ring (bicyclic) bond motifs is 1. The third kappa shape index (κ3) is 3.69. The number of aliphatic hydroxyl groups excluding tert-OH is 1. The molecule has 1 N–H and O–H groups in total. The molecule has 2 aliphatic rings. The zero-order valence-corrected chi connectivity index (χ0v) is 16.6. The molecule has 1 fully saturated rings. The monoisotopic (exact) mass is 352 g/mol. The predicted octanol–water partition coefficient (Wildman–Crippen LogP) is 6.93. The molecule has 0 saturated heterocycles. The second kappa shape index (κ2) is 9.04. The summed E-state index contributed by atoms with van der Waals surface area (Å²) in [7, 11) is 0. The molecule has 0 radical (unpaired) electrons. The maximum Gasteiger partial charge on any atom is 0.0434 e. The number of rotatable bonds is 10. The molecule has 0 aliphatic heterocycles. The van der Waals surface area contributed by atoms with Crippen LogP contribution in [0, 0.1) is 11.3 Å². The van der Waals surface area contributed by atoms with Gasteiger partial charge in [-0.15, -0.1) is 0 Å². The molecule has 1 aromatic carbocycles. The first kappa shape index (κ1) is 19.4. The Bertz CT molecular complexity index is 627. The van der Waals surface area contributed by atoms with Crippen LogP contribution in [-0.4, -0.2) is 11.7 Å². The van der Waals surface area contributed by atoms with Crippen LogP contribution < -0.4 is 0 Å². The molecule has 0 aromatic heterocycles. The largest absolute Gasteiger partial charge is 0.396 e. The van der Waals surface area contributed by atoms with Crippen molar-refractivity contribution in [1.29, 1.82) is 0 Å². The molecule has 0 amide bonds. The lowest BCUT2D eigenvalue weighted by molar-refractivity contribution is 0.282. The van der Waals surface area contributed by atoms with E-state index < -0.39 is 0 Å². The maximum absolute atomic E-state index is 9.49. The number of benzene rings is 1. The minimum Gasteiger partial charge on any atom is -0.396 e. The van der Waals surface area contributed by atoms with Crippen LogP contribution in [0.25, 0.3) is 5.57 Å². The van der Waals surface area contributed by atoms with Crippen LogP contribution in [0.3, 0.4) is 0 Å². The molecule has 2 atom stereocenters. The molecule has 26 heavy (non-hydrogen) atoms. The van der Waals surface area contributed by atoms with Crippen molar-refractivity contribution in [3.8, 4) is 0 Å². The molecule has 3 rings (SSSR count). The molecule has 2 aliphatic carbocycles. The number of unbranched alkanes of at least 4 members (excludes halogenated alkanes) is 3. The highest BCUT2D eigenvalue weighted by molar-refractivity contribution is 5.74. The summed E-state index contributed by atoms with van der Waals surface area (Å²) in [5.74, 6) is 0.741. The summed E-state index contributed by atoms with van der Waals surface area (Å²) in [6, 6.07) is 10.8. The van der Waals surface area contributed by atoms with Gasteiger partial charge in [-0.25, -0.2) is 0 Å².